The molecular formula is C15H16O3. The Kier molecular flexibility index (Phi) is 3.92. The van der Waals surface area contributed by atoms with Crippen LogP contribution in [0.2, 0.25) is 0 Å². The van der Waals surface area contributed by atoms with Crippen molar-refractivity contribution in [1.82, 2.24) is 0 Å². The van der Waals surface area contributed by atoms with Crippen LogP contribution >= 0.6 is 0 Å². The number of allylic oxidation sites excluding steroid dienone is 2. The molecule has 1 aromatic carbocycles. The Balaban J connectivity index is 2.02. The first-order valence-corrected chi connectivity index (χ1v) is 6.19. The summed E-state index contributed by atoms with van der Waals surface area (Å²) in [7, 11) is 0. The molecule has 0 amide bonds. The zero-order valence-electron chi connectivity index (χ0n) is 10.4. The van der Waals surface area contributed by atoms with E-state index in [1.54, 1.807) is 6.92 Å². The van der Waals surface area contributed by atoms with Crippen molar-refractivity contribution in [3.05, 3.63) is 47.0 Å². The predicted molar refractivity (Wildman–Crippen MR) is 68.4 cm³/mol. The van der Waals surface area contributed by atoms with Crippen LogP contribution < -0.4 is 0 Å². The van der Waals surface area contributed by atoms with E-state index >= 15 is 0 Å². The molecule has 3 nitrogen and oxygen atoms in total. The van der Waals surface area contributed by atoms with Crippen molar-refractivity contribution in [2.75, 3.05) is 6.61 Å². The van der Waals surface area contributed by atoms with Crippen LogP contribution in [-0.4, -0.2) is 18.4 Å². The van der Waals surface area contributed by atoms with Gasteiger partial charge in [0.05, 0.1) is 6.61 Å². The average molecular weight is 244 g/mol. The Morgan fingerprint density at radius 3 is 2.89 bits per heavy atom. The smallest absolute Gasteiger partial charge is 0.306 e. The van der Waals surface area contributed by atoms with Crippen LogP contribution in [0.15, 0.2) is 35.9 Å². The van der Waals surface area contributed by atoms with Gasteiger partial charge < -0.3 is 4.74 Å². The molecule has 0 saturated carbocycles. The molecule has 0 N–H and O–H groups in total. The van der Waals surface area contributed by atoms with E-state index in [4.69, 9.17) is 4.74 Å². The fourth-order valence-corrected chi connectivity index (χ4v) is 2.10. The molecule has 0 aliphatic heterocycles. The molecule has 0 unspecified atom stereocenters. The maximum atomic E-state index is 12.2. The second kappa shape index (κ2) is 5.63. The topological polar surface area (TPSA) is 43.4 Å². The molecule has 0 spiro atoms. The van der Waals surface area contributed by atoms with E-state index in [-0.39, 0.29) is 18.2 Å². The van der Waals surface area contributed by atoms with Gasteiger partial charge in [0.2, 0.25) is 0 Å². The maximum absolute atomic E-state index is 12.2. The lowest BCUT2D eigenvalue weighted by Crippen LogP contribution is -2.14. The summed E-state index contributed by atoms with van der Waals surface area (Å²) in [6.45, 7) is 2.16. The number of carbonyl (C=O) groups is 2. The second-order valence-corrected chi connectivity index (χ2v) is 4.22. The minimum absolute atomic E-state index is 0.0427. The highest BCUT2D eigenvalue weighted by molar-refractivity contribution is 6.10. The van der Waals surface area contributed by atoms with Gasteiger partial charge in [0.25, 0.3) is 0 Å². The zero-order valence-corrected chi connectivity index (χ0v) is 10.4. The van der Waals surface area contributed by atoms with E-state index in [1.165, 1.54) is 0 Å². The number of rotatable bonds is 4. The van der Waals surface area contributed by atoms with Gasteiger partial charge in [-0.05, 0) is 30.9 Å². The van der Waals surface area contributed by atoms with Gasteiger partial charge in [-0.3, -0.25) is 9.59 Å². The summed E-state index contributed by atoms with van der Waals surface area (Å²) in [5.41, 5.74) is 2.54. The van der Waals surface area contributed by atoms with Crippen LogP contribution in [0.5, 0.6) is 0 Å². The van der Waals surface area contributed by atoms with E-state index in [0.29, 0.717) is 13.0 Å². The van der Waals surface area contributed by atoms with E-state index in [2.05, 4.69) is 0 Å². The molecule has 0 heterocycles. The number of Topliss-reactive ketones (excluding diaryl/α,β-unsaturated/α-hetero) is 1. The SMILES string of the molecule is CCOC(=O)CCC1=CCc2ccccc2C1=O. The fraction of sp³-hybridized carbons (Fsp3) is 0.333. The van der Waals surface area contributed by atoms with Gasteiger partial charge in [0, 0.05) is 12.0 Å². The number of esters is 1. The Hall–Kier alpha value is -1.90. The van der Waals surface area contributed by atoms with Gasteiger partial charge in [-0.1, -0.05) is 30.3 Å². The molecular weight excluding hydrogens is 228 g/mol. The van der Waals surface area contributed by atoms with Crippen molar-refractivity contribution >= 4 is 11.8 Å². The molecule has 0 atom stereocenters. The first-order chi connectivity index (χ1) is 8.72. The van der Waals surface area contributed by atoms with E-state index in [0.717, 1.165) is 23.1 Å². The molecule has 0 radical (unpaired) electrons. The number of carbonyl (C=O) groups excluding carboxylic acids is 2. The minimum atomic E-state index is -0.245. The van der Waals surface area contributed by atoms with Gasteiger partial charge in [-0.25, -0.2) is 0 Å². The number of fused-ring (bicyclic) bond motifs is 1. The monoisotopic (exact) mass is 244 g/mol. The molecule has 0 fully saturated rings. The summed E-state index contributed by atoms with van der Waals surface area (Å²) in [6.07, 6.45) is 3.42. The maximum Gasteiger partial charge on any atom is 0.306 e. The molecule has 1 aromatic rings. The quantitative estimate of drug-likeness (QED) is 0.765. The third-order valence-corrected chi connectivity index (χ3v) is 3.03. The standard InChI is InChI=1S/C15H16O3/c1-2-18-14(16)10-9-12-8-7-11-5-3-4-6-13(11)15(12)17/h3-6,8H,2,7,9-10H2,1H3. The normalized spacial score (nSPS) is 13.8. The highest BCUT2D eigenvalue weighted by atomic mass is 16.5. The Morgan fingerprint density at radius 1 is 1.33 bits per heavy atom. The fourth-order valence-electron chi connectivity index (χ4n) is 2.10. The van der Waals surface area contributed by atoms with Crippen LogP contribution in [0.25, 0.3) is 0 Å². The van der Waals surface area contributed by atoms with E-state index < -0.39 is 0 Å². The highest BCUT2D eigenvalue weighted by Crippen LogP contribution is 2.23. The molecule has 1 aliphatic rings. The van der Waals surface area contributed by atoms with Crippen molar-refractivity contribution in [3.8, 4) is 0 Å². The number of ether oxygens (including phenoxy) is 1. The van der Waals surface area contributed by atoms with Gasteiger partial charge in [0.1, 0.15) is 0 Å². The van der Waals surface area contributed by atoms with Crippen LogP contribution in [0.1, 0.15) is 35.7 Å². The van der Waals surface area contributed by atoms with Crippen LogP contribution in [0.3, 0.4) is 0 Å². The summed E-state index contributed by atoms with van der Waals surface area (Å²) >= 11 is 0. The summed E-state index contributed by atoms with van der Waals surface area (Å²) < 4.78 is 4.86. The first kappa shape index (κ1) is 12.6. The van der Waals surface area contributed by atoms with Crippen molar-refractivity contribution in [3.63, 3.8) is 0 Å². The van der Waals surface area contributed by atoms with Crippen LogP contribution in [0, 0.1) is 0 Å². The van der Waals surface area contributed by atoms with Crippen molar-refractivity contribution in [1.29, 1.82) is 0 Å². The van der Waals surface area contributed by atoms with Gasteiger partial charge in [0.15, 0.2) is 5.78 Å². The molecule has 18 heavy (non-hydrogen) atoms. The Bertz CT molecular complexity index is 500. The zero-order chi connectivity index (χ0) is 13.0. The lowest BCUT2D eigenvalue weighted by molar-refractivity contribution is -0.143. The third kappa shape index (κ3) is 2.67. The minimum Gasteiger partial charge on any atom is -0.466 e. The average Bonchev–Trinajstić information content (AvgIpc) is 2.39. The van der Waals surface area contributed by atoms with Gasteiger partial charge >= 0.3 is 5.97 Å². The Morgan fingerprint density at radius 2 is 2.11 bits per heavy atom. The number of ketones is 1. The summed E-state index contributed by atoms with van der Waals surface area (Å²) in [4.78, 5) is 23.4. The number of benzene rings is 1. The Labute approximate surface area is 106 Å². The number of hydrogen-bond donors (Lipinski definition) is 0. The van der Waals surface area contributed by atoms with E-state index in [1.807, 2.05) is 30.3 Å². The van der Waals surface area contributed by atoms with Crippen molar-refractivity contribution in [2.24, 2.45) is 0 Å². The summed E-state index contributed by atoms with van der Waals surface area (Å²) in [5, 5.41) is 0. The molecule has 94 valence electrons. The molecule has 1 aliphatic carbocycles. The molecule has 0 aromatic heterocycles. The molecule has 3 heteroatoms. The largest absolute Gasteiger partial charge is 0.466 e. The highest BCUT2D eigenvalue weighted by Gasteiger charge is 2.20. The summed E-state index contributed by atoms with van der Waals surface area (Å²) in [5.74, 6) is -0.203. The summed E-state index contributed by atoms with van der Waals surface area (Å²) in [6, 6.07) is 7.61. The first-order valence-electron chi connectivity index (χ1n) is 6.19. The lowest BCUT2D eigenvalue weighted by atomic mass is 9.88. The predicted octanol–water partition coefficient (Wildman–Crippen LogP) is 2.70. The van der Waals surface area contributed by atoms with Crippen molar-refractivity contribution in [2.45, 2.75) is 26.2 Å². The van der Waals surface area contributed by atoms with Gasteiger partial charge in [-0.15, -0.1) is 0 Å². The van der Waals surface area contributed by atoms with Gasteiger partial charge in [-0.2, -0.15) is 0 Å². The van der Waals surface area contributed by atoms with Crippen molar-refractivity contribution < 1.29 is 14.3 Å². The number of hydrogen-bond acceptors (Lipinski definition) is 3. The lowest BCUT2D eigenvalue weighted by Gasteiger charge is -2.15. The second-order valence-electron chi connectivity index (χ2n) is 4.22. The molecule has 0 saturated heterocycles. The molecule has 2 rings (SSSR count). The van der Waals surface area contributed by atoms with Crippen LogP contribution in [-0.2, 0) is 16.0 Å². The molecule has 0 bridgehead atoms. The van der Waals surface area contributed by atoms with E-state index in [9.17, 15) is 9.59 Å². The third-order valence-electron chi connectivity index (χ3n) is 3.03. The van der Waals surface area contributed by atoms with Crippen LogP contribution in [0.4, 0.5) is 0 Å².